The van der Waals surface area contributed by atoms with Crippen LogP contribution in [0.1, 0.15) is 44.9 Å². The third-order valence-electron chi connectivity index (χ3n) is 6.09. The minimum absolute atomic E-state index is 0.864. The standard InChI is InChI=1S/C15H29N2/c1-16-13-6-4-5-7-14(16)15-9-8-12(13)10-11-17(15,2)3/h12-15H,4-11H2,1-3H3/q+1/t12-,13-,14-,15+/m0/s1. The Kier molecular flexibility index (Phi) is 2.99. The summed E-state index contributed by atoms with van der Waals surface area (Å²) in [4.78, 5) is 2.80. The molecule has 0 spiro atoms. The van der Waals surface area contributed by atoms with Crippen molar-refractivity contribution in [2.75, 3.05) is 27.7 Å². The first-order chi connectivity index (χ1) is 8.09. The summed E-state index contributed by atoms with van der Waals surface area (Å²) in [5, 5.41) is 0. The maximum Gasteiger partial charge on any atom is 0.104 e. The monoisotopic (exact) mass is 237 g/mol. The van der Waals surface area contributed by atoms with Gasteiger partial charge in [-0.05, 0) is 32.2 Å². The molecule has 17 heavy (non-hydrogen) atoms. The summed E-state index contributed by atoms with van der Waals surface area (Å²) < 4.78 is 1.28. The Morgan fingerprint density at radius 1 is 0.882 bits per heavy atom. The maximum absolute atomic E-state index is 2.80. The van der Waals surface area contributed by atoms with Crippen molar-refractivity contribution in [2.24, 2.45) is 5.92 Å². The van der Waals surface area contributed by atoms with Gasteiger partial charge in [-0.3, -0.25) is 4.90 Å². The van der Waals surface area contributed by atoms with E-state index < -0.39 is 0 Å². The van der Waals surface area contributed by atoms with Crippen LogP contribution in [0, 0.1) is 5.92 Å². The lowest BCUT2D eigenvalue weighted by Gasteiger charge is -2.47. The number of likely N-dealkylation sites (N-methyl/N-ethyl adjacent to an activating group) is 2. The van der Waals surface area contributed by atoms with E-state index >= 15 is 0 Å². The smallest absolute Gasteiger partial charge is 0.104 e. The summed E-state index contributed by atoms with van der Waals surface area (Å²) in [6.07, 6.45) is 10.3. The van der Waals surface area contributed by atoms with Crippen LogP contribution in [0.5, 0.6) is 0 Å². The van der Waals surface area contributed by atoms with Gasteiger partial charge in [-0.1, -0.05) is 12.8 Å². The van der Waals surface area contributed by atoms with E-state index in [9.17, 15) is 0 Å². The zero-order valence-corrected chi connectivity index (χ0v) is 11.9. The molecule has 3 fully saturated rings. The van der Waals surface area contributed by atoms with Gasteiger partial charge in [0.05, 0.1) is 26.7 Å². The van der Waals surface area contributed by atoms with Crippen molar-refractivity contribution in [3.05, 3.63) is 0 Å². The molecular formula is C15H29N2+. The molecule has 0 N–H and O–H groups in total. The maximum atomic E-state index is 2.80. The topological polar surface area (TPSA) is 3.24 Å². The number of hydrogen-bond acceptors (Lipinski definition) is 1. The van der Waals surface area contributed by atoms with Crippen molar-refractivity contribution in [1.82, 2.24) is 4.90 Å². The highest BCUT2D eigenvalue weighted by molar-refractivity contribution is 4.94. The lowest BCUT2D eigenvalue weighted by molar-refractivity contribution is -0.917. The first-order valence-electron chi connectivity index (χ1n) is 7.64. The molecule has 3 heterocycles. The van der Waals surface area contributed by atoms with Gasteiger partial charge in [0.1, 0.15) is 6.04 Å². The molecule has 4 atom stereocenters. The minimum atomic E-state index is 0.864. The van der Waals surface area contributed by atoms with E-state index in [1.165, 1.54) is 56.0 Å². The van der Waals surface area contributed by atoms with E-state index in [0.717, 1.165) is 24.0 Å². The first-order valence-corrected chi connectivity index (χ1v) is 7.64. The van der Waals surface area contributed by atoms with E-state index in [0.29, 0.717) is 0 Å². The molecule has 0 amide bonds. The molecule has 0 saturated carbocycles. The molecule has 0 unspecified atom stereocenters. The fraction of sp³-hybridized carbons (Fsp3) is 1.00. The summed E-state index contributed by atoms with van der Waals surface area (Å²) in [7, 11) is 7.38. The zero-order valence-electron chi connectivity index (χ0n) is 11.9. The zero-order chi connectivity index (χ0) is 12.0. The Labute approximate surface area is 107 Å². The number of fused-ring (bicyclic) bond motifs is 7. The van der Waals surface area contributed by atoms with Crippen molar-refractivity contribution in [1.29, 1.82) is 0 Å². The molecule has 0 aromatic heterocycles. The van der Waals surface area contributed by atoms with Crippen LogP contribution in [0.4, 0.5) is 0 Å². The van der Waals surface area contributed by atoms with Crippen LogP contribution in [0.3, 0.4) is 0 Å². The van der Waals surface area contributed by atoms with Gasteiger partial charge in [-0.25, -0.2) is 0 Å². The normalized spacial score (nSPS) is 46.1. The van der Waals surface area contributed by atoms with E-state index in [-0.39, 0.29) is 0 Å². The quantitative estimate of drug-likeness (QED) is 0.585. The Morgan fingerprint density at radius 2 is 1.59 bits per heavy atom. The van der Waals surface area contributed by atoms with Gasteiger partial charge in [0.2, 0.25) is 0 Å². The molecule has 2 nitrogen and oxygen atoms in total. The molecule has 0 aromatic carbocycles. The fourth-order valence-electron chi connectivity index (χ4n) is 4.98. The minimum Gasteiger partial charge on any atom is -0.325 e. The van der Waals surface area contributed by atoms with Crippen LogP contribution in [-0.2, 0) is 0 Å². The first kappa shape index (κ1) is 12.0. The number of rotatable bonds is 0. The lowest BCUT2D eigenvalue weighted by Crippen LogP contribution is -2.60. The Bertz CT molecular complexity index is 287. The average molecular weight is 237 g/mol. The highest BCUT2D eigenvalue weighted by Gasteiger charge is 2.47. The largest absolute Gasteiger partial charge is 0.325 e. The van der Waals surface area contributed by atoms with Crippen molar-refractivity contribution < 1.29 is 4.48 Å². The molecular weight excluding hydrogens is 208 g/mol. The Balaban J connectivity index is 1.98. The second-order valence-electron chi connectivity index (χ2n) is 7.28. The van der Waals surface area contributed by atoms with Crippen molar-refractivity contribution in [3.8, 4) is 0 Å². The second kappa shape index (κ2) is 4.24. The van der Waals surface area contributed by atoms with Gasteiger partial charge in [0, 0.05) is 18.9 Å². The van der Waals surface area contributed by atoms with Crippen LogP contribution >= 0.6 is 0 Å². The summed E-state index contributed by atoms with van der Waals surface area (Å²) in [6.45, 7) is 1.41. The predicted molar refractivity (Wildman–Crippen MR) is 71.9 cm³/mol. The second-order valence-corrected chi connectivity index (χ2v) is 7.28. The molecule has 0 aromatic rings. The number of nitrogens with zero attached hydrogens (tertiary/aromatic N) is 2. The molecule has 2 heteroatoms. The third-order valence-corrected chi connectivity index (χ3v) is 6.09. The van der Waals surface area contributed by atoms with Crippen LogP contribution in [0.15, 0.2) is 0 Å². The van der Waals surface area contributed by atoms with Gasteiger partial charge >= 0.3 is 0 Å². The molecule has 3 saturated heterocycles. The molecule has 3 aliphatic rings. The van der Waals surface area contributed by atoms with Crippen molar-refractivity contribution in [3.63, 3.8) is 0 Å². The third kappa shape index (κ3) is 1.94. The van der Waals surface area contributed by atoms with Crippen molar-refractivity contribution >= 4 is 0 Å². The van der Waals surface area contributed by atoms with Gasteiger partial charge in [0.25, 0.3) is 0 Å². The molecule has 4 bridgehead atoms. The molecule has 3 rings (SSSR count). The molecule has 3 aliphatic heterocycles. The van der Waals surface area contributed by atoms with Gasteiger partial charge < -0.3 is 4.48 Å². The average Bonchev–Trinajstić information content (AvgIpc) is 2.62. The van der Waals surface area contributed by atoms with Crippen LogP contribution in [0.2, 0.25) is 0 Å². The summed E-state index contributed by atoms with van der Waals surface area (Å²) in [5.41, 5.74) is 0. The van der Waals surface area contributed by atoms with Crippen molar-refractivity contribution in [2.45, 2.75) is 63.1 Å². The highest BCUT2D eigenvalue weighted by atomic mass is 15.4. The predicted octanol–water partition coefficient (Wildman–Crippen LogP) is 2.49. The van der Waals surface area contributed by atoms with E-state index in [2.05, 4.69) is 26.0 Å². The lowest BCUT2D eigenvalue weighted by atomic mass is 9.89. The molecule has 0 aliphatic carbocycles. The number of quaternary nitrogens is 1. The Hall–Kier alpha value is -0.0800. The van der Waals surface area contributed by atoms with Gasteiger partial charge in [-0.15, -0.1) is 0 Å². The van der Waals surface area contributed by atoms with Gasteiger partial charge in [0.15, 0.2) is 0 Å². The van der Waals surface area contributed by atoms with Crippen LogP contribution in [0.25, 0.3) is 0 Å². The SMILES string of the molecule is CN1[C@H]2CCCC[C@H]1[C@H]1CC[C@H]2CC[N+]1(C)C. The van der Waals surface area contributed by atoms with Crippen LogP contribution in [-0.4, -0.2) is 55.2 Å². The molecule has 98 valence electrons. The van der Waals surface area contributed by atoms with E-state index in [1.54, 1.807) is 0 Å². The van der Waals surface area contributed by atoms with E-state index in [1.807, 2.05) is 0 Å². The number of hydrogen-bond donors (Lipinski definition) is 0. The van der Waals surface area contributed by atoms with Gasteiger partial charge in [-0.2, -0.15) is 0 Å². The summed E-state index contributed by atoms with van der Waals surface area (Å²) >= 11 is 0. The fourth-order valence-corrected chi connectivity index (χ4v) is 4.98. The molecule has 0 radical (unpaired) electrons. The van der Waals surface area contributed by atoms with E-state index in [4.69, 9.17) is 0 Å². The number of likely N-dealkylation sites (tertiary alicyclic amines) is 1. The Morgan fingerprint density at radius 3 is 2.35 bits per heavy atom. The summed E-state index contributed by atoms with van der Waals surface area (Å²) in [5.74, 6) is 0.991. The van der Waals surface area contributed by atoms with Crippen LogP contribution < -0.4 is 0 Å². The summed E-state index contributed by atoms with van der Waals surface area (Å²) in [6, 6.07) is 2.67. The highest BCUT2D eigenvalue weighted by Crippen LogP contribution is 2.41.